The van der Waals surface area contributed by atoms with Gasteiger partial charge in [0.1, 0.15) is 5.75 Å². The topological polar surface area (TPSA) is 21.3 Å². The molecule has 0 aliphatic heterocycles. The van der Waals surface area contributed by atoms with Crippen molar-refractivity contribution in [2.24, 2.45) is 0 Å². The van der Waals surface area contributed by atoms with Crippen molar-refractivity contribution in [3.8, 4) is 5.75 Å². The summed E-state index contributed by atoms with van der Waals surface area (Å²) in [5.74, 6) is 0.901. The van der Waals surface area contributed by atoms with Crippen LogP contribution in [0.2, 0.25) is 5.02 Å². The fourth-order valence-electron chi connectivity index (χ4n) is 2.67. The van der Waals surface area contributed by atoms with Crippen LogP contribution in [-0.2, 0) is 13.0 Å². The van der Waals surface area contributed by atoms with Crippen molar-refractivity contribution in [3.05, 3.63) is 94.5 Å². The van der Waals surface area contributed by atoms with Crippen LogP contribution in [-0.4, -0.2) is 6.61 Å². The van der Waals surface area contributed by atoms with E-state index in [0.717, 1.165) is 35.0 Å². The molecule has 1 N–H and O–H groups in total. The number of rotatable bonds is 7. The van der Waals surface area contributed by atoms with Crippen molar-refractivity contribution in [3.63, 3.8) is 0 Å². The van der Waals surface area contributed by atoms with Crippen molar-refractivity contribution in [1.82, 2.24) is 0 Å². The van der Waals surface area contributed by atoms with E-state index in [2.05, 4.69) is 41.7 Å². The molecule has 0 saturated carbocycles. The molecule has 0 aromatic heterocycles. The first-order chi connectivity index (χ1) is 12.2. The van der Waals surface area contributed by atoms with Crippen molar-refractivity contribution in [1.29, 1.82) is 0 Å². The zero-order valence-electron chi connectivity index (χ0n) is 14.3. The number of hydrogen-bond donors (Lipinski definition) is 1. The van der Waals surface area contributed by atoms with E-state index in [1.165, 1.54) is 11.1 Å². The highest BCUT2D eigenvalue weighted by atomic mass is 35.5. The lowest BCUT2D eigenvalue weighted by atomic mass is 10.1. The zero-order chi connectivity index (χ0) is 17.5. The Morgan fingerprint density at radius 3 is 2.48 bits per heavy atom. The first-order valence-corrected chi connectivity index (χ1v) is 8.85. The summed E-state index contributed by atoms with van der Waals surface area (Å²) in [4.78, 5) is 0. The summed E-state index contributed by atoms with van der Waals surface area (Å²) in [6.07, 6.45) is 0.908. The lowest BCUT2D eigenvalue weighted by molar-refractivity contribution is 0.321. The maximum atomic E-state index is 6.17. The third-order valence-corrected chi connectivity index (χ3v) is 4.56. The molecule has 0 spiro atoms. The Labute approximate surface area is 154 Å². The molecule has 0 amide bonds. The highest BCUT2D eigenvalue weighted by molar-refractivity contribution is 6.31. The summed E-state index contributed by atoms with van der Waals surface area (Å²) in [5.41, 5.74) is 4.59. The summed E-state index contributed by atoms with van der Waals surface area (Å²) >= 11 is 6.17. The Morgan fingerprint density at radius 2 is 1.64 bits per heavy atom. The number of halogens is 1. The monoisotopic (exact) mass is 351 g/mol. The predicted octanol–water partition coefficient (Wildman–Crippen LogP) is 5.88. The van der Waals surface area contributed by atoms with Crippen molar-refractivity contribution >= 4 is 17.3 Å². The first-order valence-electron chi connectivity index (χ1n) is 8.47. The van der Waals surface area contributed by atoms with Crippen LogP contribution in [0.1, 0.15) is 16.7 Å². The van der Waals surface area contributed by atoms with Gasteiger partial charge in [0.25, 0.3) is 0 Å². The number of hydrogen-bond acceptors (Lipinski definition) is 2. The Morgan fingerprint density at radius 1 is 0.880 bits per heavy atom. The van der Waals surface area contributed by atoms with Crippen LogP contribution in [0.5, 0.6) is 5.75 Å². The van der Waals surface area contributed by atoms with E-state index < -0.39 is 0 Å². The second-order valence-corrected chi connectivity index (χ2v) is 6.40. The molecule has 25 heavy (non-hydrogen) atoms. The smallest absolute Gasteiger partial charge is 0.119 e. The Kier molecular flexibility index (Phi) is 5.97. The SMILES string of the molecule is Cc1c(Cl)cccc1NCc1cccc(OCCc2ccccc2)c1. The molecule has 0 bridgehead atoms. The molecule has 128 valence electrons. The normalized spacial score (nSPS) is 10.5. The minimum Gasteiger partial charge on any atom is -0.493 e. The minimum atomic E-state index is 0.675. The molecule has 0 unspecified atom stereocenters. The van der Waals surface area contributed by atoms with Gasteiger partial charge in [-0.05, 0) is 47.9 Å². The molecule has 3 rings (SSSR count). The molecule has 3 aromatic carbocycles. The van der Waals surface area contributed by atoms with Crippen molar-refractivity contribution in [2.45, 2.75) is 19.9 Å². The number of ether oxygens (including phenoxy) is 1. The third kappa shape index (κ3) is 5.01. The standard InChI is InChI=1S/C22H22ClNO/c1-17-21(23)11-6-12-22(17)24-16-19-9-5-10-20(15-19)25-14-13-18-7-3-2-4-8-18/h2-12,15,24H,13-14,16H2,1H3. The molecular formula is C22H22ClNO. The van der Waals surface area contributed by atoms with E-state index in [0.29, 0.717) is 6.61 Å². The Balaban J connectivity index is 1.55. The molecule has 3 heteroatoms. The van der Waals surface area contributed by atoms with Crippen molar-refractivity contribution < 1.29 is 4.74 Å². The summed E-state index contributed by atoms with van der Waals surface area (Å²) in [6, 6.07) is 24.5. The Hall–Kier alpha value is -2.45. The minimum absolute atomic E-state index is 0.675. The summed E-state index contributed by atoms with van der Waals surface area (Å²) < 4.78 is 5.90. The molecule has 0 saturated heterocycles. The molecule has 2 nitrogen and oxygen atoms in total. The van der Waals surface area contributed by atoms with Gasteiger partial charge in [-0.1, -0.05) is 60.1 Å². The van der Waals surface area contributed by atoms with Gasteiger partial charge in [0, 0.05) is 23.7 Å². The second kappa shape index (κ2) is 8.59. The number of benzene rings is 3. The molecule has 0 fully saturated rings. The van der Waals surface area contributed by atoms with Gasteiger partial charge in [-0.25, -0.2) is 0 Å². The molecule has 3 aromatic rings. The van der Waals surface area contributed by atoms with Gasteiger partial charge < -0.3 is 10.1 Å². The maximum absolute atomic E-state index is 6.17. The van der Waals surface area contributed by atoms with E-state index in [-0.39, 0.29) is 0 Å². The fraction of sp³-hybridized carbons (Fsp3) is 0.182. The molecule has 0 atom stereocenters. The number of nitrogens with one attached hydrogen (secondary N) is 1. The van der Waals surface area contributed by atoms with Gasteiger partial charge in [-0.2, -0.15) is 0 Å². The van der Waals surface area contributed by atoms with Crippen LogP contribution in [0, 0.1) is 6.92 Å². The Bertz CT molecular complexity index is 817. The van der Waals surface area contributed by atoms with Crippen LogP contribution in [0.15, 0.2) is 72.8 Å². The van der Waals surface area contributed by atoms with Gasteiger partial charge in [0.15, 0.2) is 0 Å². The summed E-state index contributed by atoms with van der Waals surface area (Å²) in [5, 5.41) is 4.22. The third-order valence-electron chi connectivity index (χ3n) is 4.15. The average molecular weight is 352 g/mol. The molecule has 0 radical (unpaired) electrons. The fourth-order valence-corrected chi connectivity index (χ4v) is 2.85. The van der Waals surface area contributed by atoms with Crippen LogP contribution in [0.25, 0.3) is 0 Å². The quantitative estimate of drug-likeness (QED) is 0.573. The van der Waals surface area contributed by atoms with E-state index in [4.69, 9.17) is 16.3 Å². The molecule has 0 aliphatic carbocycles. The average Bonchev–Trinajstić information content (AvgIpc) is 2.64. The highest BCUT2D eigenvalue weighted by Gasteiger charge is 2.03. The van der Waals surface area contributed by atoms with Crippen LogP contribution in [0.4, 0.5) is 5.69 Å². The summed E-state index contributed by atoms with van der Waals surface area (Å²) in [6.45, 7) is 3.43. The second-order valence-electron chi connectivity index (χ2n) is 6.00. The molecule has 0 heterocycles. The largest absolute Gasteiger partial charge is 0.493 e. The summed E-state index contributed by atoms with van der Waals surface area (Å²) in [7, 11) is 0. The van der Waals surface area contributed by atoms with Crippen LogP contribution in [0.3, 0.4) is 0 Å². The lowest BCUT2D eigenvalue weighted by Gasteiger charge is -2.12. The van der Waals surface area contributed by atoms with Gasteiger partial charge in [0.05, 0.1) is 6.61 Å². The van der Waals surface area contributed by atoms with E-state index in [1.54, 1.807) is 0 Å². The van der Waals surface area contributed by atoms with E-state index in [1.807, 2.05) is 43.3 Å². The zero-order valence-corrected chi connectivity index (χ0v) is 15.1. The predicted molar refractivity (Wildman–Crippen MR) is 106 cm³/mol. The van der Waals surface area contributed by atoms with Crippen LogP contribution >= 0.6 is 11.6 Å². The maximum Gasteiger partial charge on any atom is 0.119 e. The first kappa shape index (κ1) is 17.4. The van der Waals surface area contributed by atoms with E-state index >= 15 is 0 Å². The van der Waals surface area contributed by atoms with Gasteiger partial charge in [0.2, 0.25) is 0 Å². The van der Waals surface area contributed by atoms with Gasteiger partial charge in [-0.3, -0.25) is 0 Å². The van der Waals surface area contributed by atoms with Gasteiger partial charge in [-0.15, -0.1) is 0 Å². The lowest BCUT2D eigenvalue weighted by Crippen LogP contribution is -2.03. The van der Waals surface area contributed by atoms with Gasteiger partial charge >= 0.3 is 0 Å². The van der Waals surface area contributed by atoms with E-state index in [9.17, 15) is 0 Å². The highest BCUT2D eigenvalue weighted by Crippen LogP contribution is 2.24. The van der Waals surface area contributed by atoms with Crippen molar-refractivity contribution in [2.75, 3.05) is 11.9 Å². The molecule has 0 aliphatic rings. The number of anilines is 1. The van der Waals surface area contributed by atoms with Crippen LogP contribution < -0.4 is 10.1 Å². The molecular weight excluding hydrogens is 330 g/mol.